The molecule has 3 rings (SSSR count). The van der Waals surface area contributed by atoms with Crippen molar-refractivity contribution in [1.82, 2.24) is 5.32 Å². The van der Waals surface area contributed by atoms with E-state index in [-0.39, 0.29) is 11.4 Å². The predicted octanol–water partition coefficient (Wildman–Crippen LogP) is 4.16. The topological polar surface area (TPSA) is 50.4 Å². The van der Waals surface area contributed by atoms with Crippen molar-refractivity contribution in [2.45, 2.75) is 12.4 Å². The number of carbonyl (C=O) groups excluding carboxylic acids is 1. The lowest BCUT2D eigenvalue weighted by atomic mass is 10.2. The van der Waals surface area contributed by atoms with E-state index in [1.165, 1.54) is 11.8 Å². The van der Waals surface area contributed by atoms with E-state index in [0.29, 0.717) is 4.91 Å². The molecule has 0 saturated carbocycles. The molecule has 1 amide bonds. The normalized spacial score (nSPS) is 18.6. The van der Waals surface area contributed by atoms with E-state index >= 15 is 0 Å². The largest absolute Gasteiger partial charge is 0.495 e. The van der Waals surface area contributed by atoms with Gasteiger partial charge in [-0.05, 0) is 36.3 Å². The van der Waals surface area contributed by atoms with Crippen LogP contribution in [0.3, 0.4) is 0 Å². The van der Waals surface area contributed by atoms with Gasteiger partial charge in [0, 0.05) is 0 Å². The maximum absolute atomic E-state index is 12.1. The highest BCUT2D eigenvalue weighted by molar-refractivity contribution is 8.05. The maximum atomic E-state index is 12.1. The number of rotatable bonds is 5. The van der Waals surface area contributed by atoms with Gasteiger partial charge in [-0.2, -0.15) is 0 Å². The van der Waals surface area contributed by atoms with Gasteiger partial charge in [-0.25, -0.2) is 0 Å². The van der Waals surface area contributed by atoms with Gasteiger partial charge in [-0.3, -0.25) is 4.79 Å². The molecular weight excluding hydrogens is 332 g/mol. The average Bonchev–Trinajstić information content (AvgIpc) is 2.95. The third kappa shape index (κ3) is 4.45. The van der Waals surface area contributed by atoms with E-state index in [2.05, 4.69) is 10.6 Å². The van der Waals surface area contributed by atoms with Crippen molar-refractivity contribution < 1.29 is 9.53 Å². The van der Waals surface area contributed by atoms with Gasteiger partial charge in [0.1, 0.15) is 5.75 Å². The number of benzene rings is 2. The SMILES string of the molecule is COc1ccc(C)cc1NC1NC(=O)/C(=C/C=C/c2ccccc2)S1. The molecule has 1 aliphatic heterocycles. The molecule has 1 heterocycles. The molecule has 5 heteroatoms. The van der Waals surface area contributed by atoms with Gasteiger partial charge in [0.25, 0.3) is 5.91 Å². The summed E-state index contributed by atoms with van der Waals surface area (Å²) in [4.78, 5) is 12.8. The van der Waals surface area contributed by atoms with E-state index in [0.717, 1.165) is 22.6 Å². The molecule has 1 saturated heterocycles. The third-order valence-electron chi connectivity index (χ3n) is 3.71. The predicted molar refractivity (Wildman–Crippen MR) is 104 cm³/mol. The molecular formula is C20H20N2O2S. The monoisotopic (exact) mass is 352 g/mol. The number of hydrogen-bond donors (Lipinski definition) is 2. The van der Waals surface area contributed by atoms with Crippen molar-refractivity contribution in [2.24, 2.45) is 0 Å². The van der Waals surface area contributed by atoms with Crippen LogP contribution >= 0.6 is 11.8 Å². The zero-order valence-electron chi connectivity index (χ0n) is 14.2. The lowest BCUT2D eigenvalue weighted by molar-refractivity contribution is -0.116. The second kappa shape index (κ2) is 7.94. The minimum absolute atomic E-state index is 0.0770. The summed E-state index contributed by atoms with van der Waals surface area (Å²) in [6.07, 6.45) is 5.71. The summed E-state index contributed by atoms with van der Waals surface area (Å²) in [6.45, 7) is 2.02. The molecule has 4 nitrogen and oxygen atoms in total. The third-order valence-corrected chi connectivity index (χ3v) is 4.76. The number of amides is 1. The summed E-state index contributed by atoms with van der Waals surface area (Å²) >= 11 is 1.46. The standard InChI is InChI=1S/C20H20N2O2S/c1-14-11-12-17(24-2)16(13-14)21-20-22-19(23)18(25-20)10-6-9-15-7-4-3-5-8-15/h3-13,20-21H,1-2H3,(H,22,23)/b9-6+,18-10-. The van der Waals surface area contributed by atoms with Crippen molar-refractivity contribution in [1.29, 1.82) is 0 Å². The molecule has 2 aromatic rings. The van der Waals surface area contributed by atoms with Crippen molar-refractivity contribution >= 4 is 29.4 Å². The highest BCUT2D eigenvalue weighted by atomic mass is 32.2. The molecule has 0 radical (unpaired) electrons. The summed E-state index contributed by atoms with van der Waals surface area (Å²) in [5.41, 5.74) is 2.86. The summed E-state index contributed by atoms with van der Waals surface area (Å²) in [5, 5.41) is 6.24. The zero-order valence-corrected chi connectivity index (χ0v) is 15.0. The zero-order chi connectivity index (χ0) is 17.6. The second-order valence-electron chi connectivity index (χ2n) is 5.62. The Bertz CT molecular complexity index is 816. The lowest BCUT2D eigenvalue weighted by Gasteiger charge is -2.16. The van der Waals surface area contributed by atoms with Crippen LogP contribution < -0.4 is 15.4 Å². The molecule has 25 heavy (non-hydrogen) atoms. The van der Waals surface area contributed by atoms with E-state index < -0.39 is 0 Å². The highest BCUT2D eigenvalue weighted by Gasteiger charge is 2.27. The van der Waals surface area contributed by atoms with Gasteiger partial charge in [0.05, 0.1) is 17.7 Å². The van der Waals surface area contributed by atoms with Crippen LogP contribution in [0, 0.1) is 6.92 Å². The Kier molecular flexibility index (Phi) is 5.46. The molecule has 1 fully saturated rings. The number of hydrogen-bond acceptors (Lipinski definition) is 4. The van der Waals surface area contributed by atoms with Crippen molar-refractivity contribution in [3.63, 3.8) is 0 Å². The van der Waals surface area contributed by atoms with Gasteiger partial charge >= 0.3 is 0 Å². The lowest BCUT2D eigenvalue weighted by Crippen LogP contribution is -2.31. The fourth-order valence-electron chi connectivity index (χ4n) is 2.47. The van der Waals surface area contributed by atoms with E-state index in [9.17, 15) is 4.79 Å². The van der Waals surface area contributed by atoms with E-state index in [1.807, 2.05) is 73.7 Å². The summed E-state index contributed by atoms with van der Waals surface area (Å²) in [6, 6.07) is 15.9. The molecule has 0 aliphatic carbocycles. The Hall–Kier alpha value is -2.66. The Morgan fingerprint density at radius 1 is 1.20 bits per heavy atom. The molecule has 0 bridgehead atoms. The van der Waals surface area contributed by atoms with Crippen LogP contribution in [0.2, 0.25) is 0 Å². The van der Waals surface area contributed by atoms with Crippen LogP contribution in [0.1, 0.15) is 11.1 Å². The number of nitrogens with one attached hydrogen (secondary N) is 2. The van der Waals surface area contributed by atoms with Gasteiger partial charge in [0.2, 0.25) is 0 Å². The number of ether oxygens (including phenoxy) is 1. The second-order valence-corrected chi connectivity index (χ2v) is 6.77. The first-order chi connectivity index (χ1) is 12.2. The van der Waals surface area contributed by atoms with E-state index in [1.54, 1.807) is 7.11 Å². The fourth-order valence-corrected chi connectivity index (χ4v) is 3.40. The first-order valence-electron chi connectivity index (χ1n) is 7.98. The summed E-state index contributed by atoms with van der Waals surface area (Å²) in [7, 11) is 1.63. The average molecular weight is 352 g/mol. The Balaban J connectivity index is 1.67. The minimum atomic E-state index is -0.223. The molecule has 1 atom stereocenters. The Morgan fingerprint density at radius 2 is 2.00 bits per heavy atom. The quantitative estimate of drug-likeness (QED) is 0.794. The number of allylic oxidation sites excluding steroid dienone is 2. The summed E-state index contributed by atoms with van der Waals surface area (Å²) < 4.78 is 5.37. The van der Waals surface area contributed by atoms with Crippen molar-refractivity contribution in [3.8, 4) is 5.75 Å². The fraction of sp³-hybridized carbons (Fsp3) is 0.150. The number of carbonyl (C=O) groups is 1. The van der Waals surface area contributed by atoms with Crippen LogP contribution in [0.25, 0.3) is 6.08 Å². The number of aryl methyl sites for hydroxylation is 1. The molecule has 0 spiro atoms. The van der Waals surface area contributed by atoms with Crippen molar-refractivity contribution in [3.05, 3.63) is 76.7 Å². The van der Waals surface area contributed by atoms with Gasteiger partial charge in [-0.15, -0.1) is 0 Å². The first-order valence-corrected chi connectivity index (χ1v) is 8.86. The molecule has 128 valence electrons. The molecule has 0 aromatic heterocycles. The number of methoxy groups -OCH3 is 1. The smallest absolute Gasteiger partial charge is 0.260 e. The molecule has 1 aliphatic rings. The first kappa shape index (κ1) is 17.2. The summed E-state index contributed by atoms with van der Waals surface area (Å²) in [5.74, 6) is 0.675. The van der Waals surface area contributed by atoms with Crippen LogP contribution in [0.4, 0.5) is 5.69 Å². The van der Waals surface area contributed by atoms with Crippen LogP contribution in [0.5, 0.6) is 5.75 Å². The molecule has 1 unspecified atom stereocenters. The van der Waals surface area contributed by atoms with Gasteiger partial charge in [0.15, 0.2) is 5.50 Å². The minimum Gasteiger partial charge on any atom is -0.495 e. The number of anilines is 1. The Morgan fingerprint density at radius 3 is 2.76 bits per heavy atom. The molecule has 2 N–H and O–H groups in total. The van der Waals surface area contributed by atoms with Crippen LogP contribution in [-0.4, -0.2) is 18.5 Å². The van der Waals surface area contributed by atoms with Gasteiger partial charge in [-0.1, -0.05) is 60.3 Å². The highest BCUT2D eigenvalue weighted by Crippen LogP contribution is 2.32. The maximum Gasteiger partial charge on any atom is 0.260 e. The van der Waals surface area contributed by atoms with Crippen LogP contribution in [-0.2, 0) is 4.79 Å². The van der Waals surface area contributed by atoms with Crippen LogP contribution in [0.15, 0.2) is 65.6 Å². The molecule has 2 aromatic carbocycles. The number of thioether (sulfide) groups is 1. The van der Waals surface area contributed by atoms with Crippen molar-refractivity contribution in [2.75, 3.05) is 12.4 Å². The van der Waals surface area contributed by atoms with E-state index in [4.69, 9.17) is 4.74 Å². The Labute approximate surface area is 152 Å². The van der Waals surface area contributed by atoms with Gasteiger partial charge < -0.3 is 15.4 Å².